The van der Waals surface area contributed by atoms with Crippen molar-refractivity contribution in [2.45, 2.75) is 51.8 Å². The van der Waals surface area contributed by atoms with Gasteiger partial charge in [-0.2, -0.15) is 9.97 Å². The second kappa shape index (κ2) is 7.45. The van der Waals surface area contributed by atoms with Crippen LogP contribution < -0.4 is 10.6 Å². The monoisotopic (exact) mass is 361 g/mol. The van der Waals surface area contributed by atoms with Crippen LogP contribution in [0, 0.1) is 0 Å². The van der Waals surface area contributed by atoms with Crippen molar-refractivity contribution in [3.05, 3.63) is 6.33 Å². The summed E-state index contributed by atoms with van der Waals surface area (Å²) >= 11 is 0. The first-order chi connectivity index (χ1) is 12.4. The first kappa shape index (κ1) is 18.4. The molecule has 3 rings (SSSR count). The summed E-state index contributed by atoms with van der Waals surface area (Å²) in [7, 11) is 1.88. The fourth-order valence-electron chi connectivity index (χ4n) is 3.26. The van der Waals surface area contributed by atoms with Gasteiger partial charge in [-0.3, -0.25) is 4.79 Å². The van der Waals surface area contributed by atoms with E-state index < -0.39 is 6.10 Å². The number of nitrogens with zero attached hydrogens (tertiary/aromatic N) is 5. The zero-order valence-corrected chi connectivity index (χ0v) is 15.7. The fraction of sp³-hybridized carbons (Fsp3) is 0.647. The number of carbonyl (C=O) groups excluding carboxylic acids is 1. The van der Waals surface area contributed by atoms with Crippen molar-refractivity contribution in [1.82, 2.24) is 24.4 Å². The molecule has 9 nitrogen and oxygen atoms in total. The average Bonchev–Trinajstić information content (AvgIpc) is 3.20. The van der Waals surface area contributed by atoms with Gasteiger partial charge in [0.25, 0.3) is 0 Å². The van der Waals surface area contributed by atoms with Gasteiger partial charge in [0.05, 0.1) is 18.5 Å². The molecule has 3 N–H and O–H groups in total. The van der Waals surface area contributed by atoms with Crippen LogP contribution >= 0.6 is 0 Å². The summed E-state index contributed by atoms with van der Waals surface area (Å²) < 4.78 is 1.84. The maximum atomic E-state index is 11.6. The normalized spacial score (nSPS) is 19.6. The number of amides is 1. The maximum absolute atomic E-state index is 11.6. The quantitative estimate of drug-likeness (QED) is 0.703. The van der Waals surface area contributed by atoms with Crippen molar-refractivity contribution in [1.29, 1.82) is 0 Å². The van der Waals surface area contributed by atoms with Crippen LogP contribution in [0.15, 0.2) is 6.33 Å². The third-order valence-corrected chi connectivity index (χ3v) is 4.87. The summed E-state index contributed by atoms with van der Waals surface area (Å²) in [5.74, 6) is 1.19. The average molecular weight is 361 g/mol. The molecule has 3 atom stereocenters. The maximum Gasteiger partial charge on any atom is 0.227 e. The Kier molecular flexibility index (Phi) is 5.26. The topological polar surface area (TPSA) is 108 Å². The molecule has 1 saturated heterocycles. The Hall–Kier alpha value is -2.42. The van der Waals surface area contributed by atoms with Gasteiger partial charge in [0, 0.05) is 33.1 Å². The molecule has 2 aromatic rings. The molecule has 0 spiro atoms. The van der Waals surface area contributed by atoms with E-state index in [1.807, 2.05) is 23.4 Å². The fourth-order valence-corrected chi connectivity index (χ4v) is 3.26. The molecule has 1 aliphatic heterocycles. The van der Waals surface area contributed by atoms with Gasteiger partial charge in [-0.25, -0.2) is 4.98 Å². The molecule has 0 aliphatic carbocycles. The van der Waals surface area contributed by atoms with Crippen molar-refractivity contribution in [3.63, 3.8) is 0 Å². The van der Waals surface area contributed by atoms with Crippen LogP contribution in [0.2, 0.25) is 0 Å². The molecule has 26 heavy (non-hydrogen) atoms. The number of hydrogen-bond acceptors (Lipinski definition) is 7. The molecule has 142 valence electrons. The van der Waals surface area contributed by atoms with E-state index in [0.717, 1.165) is 19.4 Å². The second-order valence-corrected chi connectivity index (χ2v) is 6.92. The van der Waals surface area contributed by atoms with Crippen LogP contribution in [-0.4, -0.2) is 66.7 Å². The number of hydrogen-bond donors (Lipinski definition) is 3. The van der Waals surface area contributed by atoms with Gasteiger partial charge in [0.15, 0.2) is 17.0 Å². The number of anilines is 2. The van der Waals surface area contributed by atoms with E-state index in [9.17, 15) is 9.90 Å². The smallest absolute Gasteiger partial charge is 0.227 e. The second-order valence-electron chi connectivity index (χ2n) is 6.92. The molecule has 0 saturated carbocycles. The van der Waals surface area contributed by atoms with Gasteiger partial charge >= 0.3 is 0 Å². The number of aromatic nitrogens is 4. The van der Waals surface area contributed by atoms with Crippen molar-refractivity contribution in [3.8, 4) is 0 Å². The van der Waals surface area contributed by atoms with Gasteiger partial charge in [0.2, 0.25) is 11.9 Å². The van der Waals surface area contributed by atoms with Gasteiger partial charge in [0.1, 0.15) is 0 Å². The summed E-state index contributed by atoms with van der Waals surface area (Å²) in [6.45, 7) is 6.74. The minimum atomic E-state index is -0.513. The molecule has 9 heteroatoms. The number of carbonyl (C=O) groups is 1. The molecule has 1 fully saturated rings. The zero-order valence-electron chi connectivity index (χ0n) is 15.7. The number of aryl methyl sites for hydroxylation is 1. The molecule has 1 aliphatic rings. The van der Waals surface area contributed by atoms with Crippen molar-refractivity contribution in [2.75, 3.05) is 23.7 Å². The highest BCUT2D eigenvalue weighted by Gasteiger charge is 2.26. The van der Waals surface area contributed by atoms with E-state index in [0.29, 0.717) is 29.5 Å². The Bertz CT molecular complexity index is 789. The van der Waals surface area contributed by atoms with Crippen LogP contribution in [0.5, 0.6) is 0 Å². The molecular formula is C17H27N7O2. The van der Waals surface area contributed by atoms with Crippen molar-refractivity contribution in [2.24, 2.45) is 7.05 Å². The third kappa shape index (κ3) is 3.72. The lowest BCUT2D eigenvalue weighted by atomic mass is 10.1. The predicted octanol–water partition coefficient (Wildman–Crippen LogP) is 0.967. The Morgan fingerprint density at radius 1 is 1.46 bits per heavy atom. The summed E-state index contributed by atoms with van der Waals surface area (Å²) in [5.41, 5.74) is 1.41. The molecule has 0 bridgehead atoms. The number of nitrogens with one attached hydrogen (secondary N) is 2. The van der Waals surface area contributed by atoms with Crippen LogP contribution in [0.25, 0.3) is 11.2 Å². The van der Waals surface area contributed by atoms with E-state index in [-0.39, 0.29) is 18.0 Å². The van der Waals surface area contributed by atoms with E-state index >= 15 is 0 Å². The van der Waals surface area contributed by atoms with Crippen LogP contribution in [0.3, 0.4) is 0 Å². The molecule has 2 aromatic heterocycles. The highest BCUT2D eigenvalue weighted by molar-refractivity contribution is 5.84. The van der Waals surface area contributed by atoms with Crippen LogP contribution in [0.4, 0.5) is 11.8 Å². The largest absolute Gasteiger partial charge is 0.391 e. The molecular weight excluding hydrogens is 334 g/mol. The predicted molar refractivity (Wildman–Crippen MR) is 100.0 cm³/mol. The molecule has 0 aromatic carbocycles. The number of aliphatic hydroxyl groups excluding tert-OH is 1. The third-order valence-electron chi connectivity index (χ3n) is 4.87. The van der Waals surface area contributed by atoms with Gasteiger partial charge < -0.3 is 25.2 Å². The first-order valence-electron chi connectivity index (χ1n) is 9.04. The van der Waals surface area contributed by atoms with Gasteiger partial charge in [-0.05, 0) is 19.8 Å². The number of rotatable bonds is 6. The zero-order chi connectivity index (χ0) is 18.8. The number of fused-ring (bicyclic) bond motifs is 1. The minimum Gasteiger partial charge on any atom is -0.391 e. The molecule has 1 amide bonds. The molecule has 0 unspecified atom stereocenters. The summed E-state index contributed by atoms with van der Waals surface area (Å²) in [6.07, 6.45) is 2.81. The molecule has 3 heterocycles. The Labute approximate surface area is 152 Å². The Morgan fingerprint density at radius 2 is 2.23 bits per heavy atom. The van der Waals surface area contributed by atoms with E-state index in [4.69, 9.17) is 0 Å². The van der Waals surface area contributed by atoms with Gasteiger partial charge in [-0.15, -0.1) is 0 Å². The number of likely N-dealkylation sites (tertiary alicyclic amines) is 1. The van der Waals surface area contributed by atoms with Crippen molar-refractivity contribution >= 4 is 28.8 Å². The Balaban J connectivity index is 1.87. The lowest BCUT2D eigenvalue weighted by Gasteiger charge is -2.21. The lowest BCUT2D eigenvalue weighted by molar-refractivity contribution is -0.127. The summed E-state index contributed by atoms with van der Waals surface area (Å²) in [6, 6.07) is -0.00111. The summed E-state index contributed by atoms with van der Waals surface area (Å²) in [4.78, 5) is 26.9. The van der Waals surface area contributed by atoms with Crippen LogP contribution in [0.1, 0.15) is 33.6 Å². The number of aliphatic hydroxyl groups is 1. The lowest BCUT2D eigenvalue weighted by Crippen LogP contribution is -2.32. The molecule has 0 radical (unpaired) electrons. The van der Waals surface area contributed by atoms with E-state index in [2.05, 4.69) is 25.6 Å². The minimum absolute atomic E-state index is 0.0880. The highest BCUT2D eigenvalue weighted by Crippen LogP contribution is 2.23. The van der Waals surface area contributed by atoms with Crippen molar-refractivity contribution < 1.29 is 9.90 Å². The summed E-state index contributed by atoms with van der Waals surface area (Å²) in [5, 5.41) is 16.5. The Morgan fingerprint density at radius 3 is 2.85 bits per heavy atom. The highest BCUT2D eigenvalue weighted by atomic mass is 16.3. The van der Waals surface area contributed by atoms with E-state index in [1.165, 1.54) is 0 Å². The SMILES string of the molecule is CC[C@H](Nc1nc(N[C@H]2CCN(C(C)=O)C2)c2ncn(C)c2n1)[C@@H](C)O. The standard InChI is InChI=1S/C17H27N7O2/c1-5-13(10(2)25)20-17-21-15(14-16(22-17)23(4)9-18-14)19-12-6-7-24(8-12)11(3)26/h9-10,12-13,25H,5-8H2,1-4H3,(H2,19,20,21,22)/t10-,12+,13+/m1/s1. The van der Waals surface area contributed by atoms with E-state index in [1.54, 1.807) is 20.2 Å². The first-order valence-corrected chi connectivity index (χ1v) is 9.04. The van der Waals surface area contributed by atoms with Crippen LogP contribution in [-0.2, 0) is 11.8 Å². The van der Waals surface area contributed by atoms with Gasteiger partial charge in [-0.1, -0.05) is 6.92 Å². The number of imidazole rings is 1.